The van der Waals surface area contributed by atoms with Gasteiger partial charge in [0.15, 0.2) is 0 Å². The van der Waals surface area contributed by atoms with Gasteiger partial charge in [0.05, 0.1) is 16.6 Å². The van der Waals surface area contributed by atoms with Gasteiger partial charge < -0.3 is 11.1 Å². The smallest absolute Gasteiger partial charge is 0.223 e. The van der Waals surface area contributed by atoms with E-state index in [-0.39, 0.29) is 36.3 Å². The number of hydrogen-bond donors (Lipinski definition) is 2. The fourth-order valence-corrected chi connectivity index (χ4v) is 4.59. The second-order valence-electron chi connectivity index (χ2n) is 6.83. The number of nitrogens with two attached hydrogens (primary N) is 1. The zero-order valence-corrected chi connectivity index (χ0v) is 17.4. The number of halogens is 2. The molecule has 1 aliphatic rings. The van der Waals surface area contributed by atoms with Gasteiger partial charge in [0.1, 0.15) is 5.01 Å². The maximum atomic E-state index is 12.6. The van der Waals surface area contributed by atoms with Crippen molar-refractivity contribution in [3.05, 3.63) is 39.9 Å². The number of hydrogen-bond acceptors (Lipinski definition) is 4. The molecule has 4 nitrogen and oxygen atoms in total. The summed E-state index contributed by atoms with van der Waals surface area (Å²) in [7, 11) is 0. The highest BCUT2D eigenvalue weighted by Gasteiger charge is 2.27. The first kappa shape index (κ1) is 21.2. The Morgan fingerprint density at radius 2 is 2.04 bits per heavy atom. The fourth-order valence-electron chi connectivity index (χ4n) is 3.39. The molecule has 1 amide bonds. The van der Waals surface area contributed by atoms with Crippen molar-refractivity contribution in [2.45, 2.75) is 51.6 Å². The second-order valence-corrected chi connectivity index (χ2v) is 8.30. The molecule has 1 aliphatic carbocycles. The SMILES string of the molecule is Cc1nc(-c2ccc(Cl)cc2)sc1C(C)NC(=O)C1CCCC(N)C1.Cl. The number of nitrogens with one attached hydrogen (secondary N) is 1. The molecule has 3 unspecified atom stereocenters. The monoisotopic (exact) mass is 413 g/mol. The third-order valence-electron chi connectivity index (χ3n) is 4.76. The van der Waals surface area contributed by atoms with Crippen LogP contribution in [0.2, 0.25) is 5.02 Å². The van der Waals surface area contributed by atoms with E-state index in [1.54, 1.807) is 11.3 Å². The first-order valence-electron chi connectivity index (χ1n) is 8.73. The molecule has 3 atom stereocenters. The molecule has 0 radical (unpaired) electrons. The second kappa shape index (κ2) is 9.18. The predicted octanol–water partition coefficient (Wildman–Crippen LogP) is 4.89. The molecule has 26 heavy (non-hydrogen) atoms. The Morgan fingerprint density at radius 1 is 1.35 bits per heavy atom. The summed E-state index contributed by atoms with van der Waals surface area (Å²) in [5.41, 5.74) is 8.01. The number of thiazole rings is 1. The van der Waals surface area contributed by atoms with Crippen LogP contribution < -0.4 is 11.1 Å². The van der Waals surface area contributed by atoms with Crippen LogP contribution in [0.25, 0.3) is 10.6 Å². The molecule has 1 saturated carbocycles. The topological polar surface area (TPSA) is 68.0 Å². The molecule has 0 spiro atoms. The van der Waals surface area contributed by atoms with Gasteiger partial charge in [0.2, 0.25) is 5.91 Å². The van der Waals surface area contributed by atoms with Crippen molar-refractivity contribution < 1.29 is 4.79 Å². The molecular formula is C19H25Cl2N3OS. The number of carbonyl (C=O) groups is 1. The Hall–Kier alpha value is -1.14. The summed E-state index contributed by atoms with van der Waals surface area (Å²) >= 11 is 7.58. The van der Waals surface area contributed by atoms with Gasteiger partial charge in [-0.3, -0.25) is 4.79 Å². The minimum atomic E-state index is -0.0517. The largest absolute Gasteiger partial charge is 0.348 e. The fraction of sp³-hybridized carbons (Fsp3) is 0.474. The minimum Gasteiger partial charge on any atom is -0.348 e. The van der Waals surface area contributed by atoms with Gasteiger partial charge in [-0.05, 0) is 45.2 Å². The first-order chi connectivity index (χ1) is 11.9. The summed E-state index contributed by atoms with van der Waals surface area (Å²) in [6.07, 6.45) is 3.78. The lowest BCUT2D eigenvalue weighted by atomic mass is 9.85. The van der Waals surface area contributed by atoms with E-state index < -0.39 is 0 Å². The number of aromatic nitrogens is 1. The summed E-state index contributed by atoms with van der Waals surface area (Å²) in [6.45, 7) is 4.01. The predicted molar refractivity (Wildman–Crippen MR) is 111 cm³/mol. The van der Waals surface area contributed by atoms with Crippen molar-refractivity contribution in [2.75, 3.05) is 0 Å². The van der Waals surface area contributed by atoms with Crippen molar-refractivity contribution in [2.24, 2.45) is 11.7 Å². The van der Waals surface area contributed by atoms with E-state index in [1.807, 2.05) is 38.1 Å². The van der Waals surface area contributed by atoms with Gasteiger partial charge in [0, 0.05) is 22.5 Å². The number of benzene rings is 1. The molecule has 0 aliphatic heterocycles. The van der Waals surface area contributed by atoms with Crippen LogP contribution in [0.5, 0.6) is 0 Å². The highest BCUT2D eigenvalue weighted by Crippen LogP contribution is 2.33. The Labute approximate surface area is 169 Å². The molecule has 1 fully saturated rings. The lowest BCUT2D eigenvalue weighted by molar-refractivity contribution is -0.126. The van der Waals surface area contributed by atoms with Crippen LogP contribution in [-0.4, -0.2) is 16.9 Å². The summed E-state index contributed by atoms with van der Waals surface area (Å²) in [5, 5.41) is 4.82. The number of aryl methyl sites for hydroxylation is 1. The van der Waals surface area contributed by atoms with Crippen molar-refractivity contribution >= 4 is 41.3 Å². The molecule has 3 N–H and O–H groups in total. The van der Waals surface area contributed by atoms with Gasteiger partial charge in [-0.1, -0.05) is 30.2 Å². The Kier molecular flexibility index (Phi) is 7.47. The van der Waals surface area contributed by atoms with E-state index in [1.165, 1.54) is 0 Å². The summed E-state index contributed by atoms with van der Waals surface area (Å²) in [4.78, 5) is 18.3. The van der Waals surface area contributed by atoms with Crippen LogP contribution in [0, 0.1) is 12.8 Å². The van der Waals surface area contributed by atoms with E-state index >= 15 is 0 Å². The minimum absolute atomic E-state index is 0. The average molecular weight is 414 g/mol. The van der Waals surface area contributed by atoms with E-state index in [4.69, 9.17) is 17.3 Å². The van der Waals surface area contributed by atoms with Crippen LogP contribution >= 0.6 is 35.3 Å². The Bertz CT molecular complexity index is 748. The lowest BCUT2D eigenvalue weighted by Gasteiger charge is -2.27. The molecule has 0 saturated heterocycles. The van der Waals surface area contributed by atoms with E-state index in [9.17, 15) is 4.79 Å². The number of carbonyl (C=O) groups excluding carboxylic acids is 1. The van der Waals surface area contributed by atoms with Gasteiger partial charge in [0.25, 0.3) is 0 Å². The lowest BCUT2D eigenvalue weighted by Crippen LogP contribution is -2.38. The van der Waals surface area contributed by atoms with E-state index in [2.05, 4.69) is 10.3 Å². The van der Waals surface area contributed by atoms with Gasteiger partial charge >= 0.3 is 0 Å². The quantitative estimate of drug-likeness (QED) is 0.749. The van der Waals surface area contributed by atoms with Crippen LogP contribution in [0.4, 0.5) is 0 Å². The number of nitrogens with zero attached hydrogens (tertiary/aromatic N) is 1. The summed E-state index contributed by atoms with van der Waals surface area (Å²) in [5.74, 6) is 0.152. The van der Waals surface area contributed by atoms with Crippen molar-refractivity contribution in [1.82, 2.24) is 10.3 Å². The highest BCUT2D eigenvalue weighted by atomic mass is 35.5. The third kappa shape index (κ3) is 4.97. The highest BCUT2D eigenvalue weighted by molar-refractivity contribution is 7.15. The molecule has 1 aromatic heterocycles. The zero-order chi connectivity index (χ0) is 18.0. The molecule has 0 bridgehead atoms. The molecule has 142 valence electrons. The van der Waals surface area contributed by atoms with Crippen molar-refractivity contribution in [3.8, 4) is 10.6 Å². The number of rotatable bonds is 4. The van der Waals surface area contributed by atoms with Gasteiger partial charge in [-0.2, -0.15) is 0 Å². The Morgan fingerprint density at radius 3 is 2.69 bits per heavy atom. The zero-order valence-electron chi connectivity index (χ0n) is 15.0. The number of amides is 1. The molecule has 2 aromatic rings. The van der Waals surface area contributed by atoms with Crippen LogP contribution in [0.3, 0.4) is 0 Å². The van der Waals surface area contributed by atoms with E-state index in [0.717, 1.165) is 46.8 Å². The first-order valence-corrected chi connectivity index (χ1v) is 9.92. The molecule has 3 rings (SSSR count). The molecule has 1 aromatic carbocycles. The molecule has 1 heterocycles. The van der Waals surface area contributed by atoms with Crippen LogP contribution in [-0.2, 0) is 4.79 Å². The Balaban J connectivity index is 0.00000243. The van der Waals surface area contributed by atoms with E-state index in [0.29, 0.717) is 5.02 Å². The van der Waals surface area contributed by atoms with Gasteiger partial charge in [-0.25, -0.2) is 4.98 Å². The third-order valence-corrected chi connectivity index (χ3v) is 6.40. The molecular weight excluding hydrogens is 389 g/mol. The maximum Gasteiger partial charge on any atom is 0.223 e. The van der Waals surface area contributed by atoms with Crippen LogP contribution in [0.1, 0.15) is 49.2 Å². The van der Waals surface area contributed by atoms with Crippen molar-refractivity contribution in [3.63, 3.8) is 0 Å². The van der Waals surface area contributed by atoms with Crippen LogP contribution in [0.15, 0.2) is 24.3 Å². The average Bonchev–Trinajstić information content (AvgIpc) is 2.97. The summed E-state index contributed by atoms with van der Waals surface area (Å²) in [6, 6.07) is 7.77. The van der Waals surface area contributed by atoms with Crippen molar-refractivity contribution in [1.29, 1.82) is 0 Å². The van der Waals surface area contributed by atoms with Gasteiger partial charge in [-0.15, -0.1) is 23.7 Å². The summed E-state index contributed by atoms with van der Waals surface area (Å²) < 4.78 is 0. The standard InChI is InChI=1S/C19H24ClN3OS.ClH/c1-11(22-18(24)14-4-3-5-16(21)10-14)17-12(2)23-19(25-17)13-6-8-15(20)9-7-13;/h6-9,11,14,16H,3-5,10,21H2,1-2H3,(H,22,24);1H. The maximum absolute atomic E-state index is 12.6. The normalized spacial score (nSPS) is 20.9. The molecule has 7 heteroatoms.